The molecule has 1 amide bonds. The molecule has 1 aliphatic rings. The predicted octanol–water partition coefficient (Wildman–Crippen LogP) is 1.37. The van der Waals surface area contributed by atoms with Crippen LogP contribution in [0.2, 0.25) is 0 Å². The van der Waals surface area contributed by atoms with Gasteiger partial charge < -0.3 is 15.0 Å². The zero-order chi connectivity index (χ0) is 16.9. The molecule has 3 heterocycles. The van der Waals surface area contributed by atoms with Crippen LogP contribution in [-0.2, 0) is 6.54 Å². The average molecular weight is 329 g/mol. The first-order valence-electron chi connectivity index (χ1n) is 8.15. The highest BCUT2D eigenvalue weighted by molar-refractivity contribution is 5.94. The minimum Gasteiger partial charge on any atom is -0.481 e. The number of rotatable bonds is 6. The molecule has 0 aromatic carbocycles. The molecule has 7 nitrogen and oxygen atoms in total. The number of pyridine rings is 1. The van der Waals surface area contributed by atoms with E-state index in [1.54, 1.807) is 18.3 Å². The van der Waals surface area contributed by atoms with Crippen molar-refractivity contribution >= 4 is 5.91 Å². The molecule has 1 aliphatic heterocycles. The zero-order valence-electron chi connectivity index (χ0n) is 14.1. The Kier molecular flexibility index (Phi) is 5.10. The number of carbonyl (C=O) groups is 1. The number of aromatic nitrogens is 3. The van der Waals surface area contributed by atoms with Crippen LogP contribution in [0.25, 0.3) is 0 Å². The first-order valence-corrected chi connectivity index (χ1v) is 8.15. The van der Waals surface area contributed by atoms with E-state index in [4.69, 9.17) is 4.74 Å². The third-order valence-corrected chi connectivity index (χ3v) is 4.28. The van der Waals surface area contributed by atoms with Gasteiger partial charge in [0, 0.05) is 49.4 Å². The summed E-state index contributed by atoms with van der Waals surface area (Å²) >= 11 is 0. The third-order valence-electron chi connectivity index (χ3n) is 4.28. The number of aryl methyl sites for hydroxylation is 1. The van der Waals surface area contributed by atoms with Gasteiger partial charge in [0.25, 0.3) is 5.91 Å². The molecule has 0 bridgehead atoms. The lowest BCUT2D eigenvalue weighted by atomic mass is 10.1. The molecular formula is C17H23N5O2. The number of methoxy groups -OCH3 is 1. The van der Waals surface area contributed by atoms with Gasteiger partial charge in [-0.15, -0.1) is 0 Å². The number of amides is 1. The number of aromatic amines is 1. The summed E-state index contributed by atoms with van der Waals surface area (Å²) < 4.78 is 5.05. The Bertz CT molecular complexity index is 700. The normalized spacial score (nSPS) is 17.8. The smallest absolute Gasteiger partial charge is 0.251 e. The average Bonchev–Trinajstić information content (AvgIpc) is 3.22. The Morgan fingerprint density at radius 2 is 2.38 bits per heavy atom. The van der Waals surface area contributed by atoms with E-state index < -0.39 is 0 Å². The van der Waals surface area contributed by atoms with E-state index >= 15 is 0 Å². The highest BCUT2D eigenvalue weighted by Crippen LogP contribution is 2.18. The topological polar surface area (TPSA) is 83.1 Å². The van der Waals surface area contributed by atoms with Gasteiger partial charge in [0.15, 0.2) is 0 Å². The highest BCUT2D eigenvalue weighted by atomic mass is 16.5. The summed E-state index contributed by atoms with van der Waals surface area (Å²) in [5, 5.41) is 3.01. The Labute approximate surface area is 141 Å². The second-order valence-electron chi connectivity index (χ2n) is 6.18. The van der Waals surface area contributed by atoms with E-state index in [-0.39, 0.29) is 5.91 Å². The van der Waals surface area contributed by atoms with Gasteiger partial charge in [-0.25, -0.2) is 9.97 Å². The van der Waals surface area contributed by atoms with Gasteiger partial charge in [0.1, 0.15) is 5.82 Å². The zero-order valence-corrected chi connectivity index (χ0v) is 14.1. The summed E-state index contributed by atoms with van der Waals surface area (Å²) in [7, 11) is 1.54. The van der Waals surface area contributed by atoms with Crippen LogP contribution in [0.15, 0.2) is 24.5 Å². The van der Waals surface area contributed by atoms with Crippen LogP contribution in [0.5, 0.6) is 5.88 Å². The van der Waals surface area contributed by atoms with E-state index in [1.165, 1.54) is 7.11 Å². The second-order valence-corrected chi connectivity index (χ2v) is 6.18. The van der Waals surface area contributed by atoms with Gasteiger partial charge in [-0.3, -0.25) is 9.69 Å². The molecule has 3 rings (SSSR count). The maximum Gasteiger partial charge on any atom is 0.251 e. The Hall–Kier alpha value is -2.41. The number of nitrogens with zero attached hydrogens (tertiary/aromatic N) is 3. The van der Waals surface area contributed by atoms with Crippen molar-refractivity contribution in [3.05, 3.63) is 41.6 Å². The molecule has 1 atom stereocenters. The number of nitrogens with one attached hydrogen (secondary N) is 2. The van der Waals surface area contributed by atoms with Crippen molar-refractivity contribution in [3.8, 4) is 5.88 Å². The van der Waals surface area contributed by atoms with E-state index in [2.05, 4.69) is 25.2 Å². The number of ether oxygens (including phenoxy) is 1. The molecule has 0 unspecified atom stereocenters. The molecule has 128 valence electrons. The fraction of sp³-hybridized carbons (Fsp3) is 0.471. The molecule has 2 aromatic heterocycles. The summed E-state index contributed by atoms with van der Waals surface area (Å²) in [4.78, 5) is 26.1. The molecule has 24 heavy (non-hydrogen) atoms. The van der Waals surface area contributed by atoms with Crippen molar-refractivity contribution in [2.75, 3.05) is 26.7 Å². The second kappa shape index (κ2) is 7.44. The molecule has 0 radical (unpaired) electrons. The molecule has 2 N–H and O–H groups in total. The van der Waals surface area contributed by atoms with Crippen LogP contribution in [0.3, 0.4) is 0 Å². The van der Waals surface area contributed by atoms with Crippen LogP contribution in [0.1, 0.15) is 28.3 Å². The van der Waals surface area contributed by atoms with Crippen molar-refractivity contribution in [1.82, 2.24) is 25.2 Å². The third kappa shape index (κ3) is 4.11. The van der Waals surface area contributed by atoms with Gasteiger partial charge in [-0.1, -0.05) is 0 Å². The summed E-state index contributed by atoms with van der Waals surface area (Å²) in [6.45, 7) is 5.55. The van der Waals surface area contributed by atoms with Crippen LogP contribution >= 0.6 is 0 Å². The SMILES string of the molecule is COc1cc(C(=O)NC[C@H]2CCN(Cc3cnc(C)[nH]3)C2)ccn1. The standard InChI is InChI=1S/C17H23N5O2/c1-12-19-9-15(21-12)11-22-6-4-13(10-22)8-20-17(23)14-3-5-18-16(7-14)24-2/h3,5,7,9,13H,4,6,8,10-11H2,1-2H3,(H,19,21)(H,20,23)/t13-/m1/s1. The van der Waals surface area contributed by atoms with E-state index in [9.17, 15) is 4.79 Å². The van der Waals surface area contributed by atoms with Gasteiger partial charge in [-0.2, -0.15) is 0 Å². The summed E-state index contributed by atoms with van der Waals surface area (Å²) in [6.07, 6.45) is 4.56. The van der Waals surface area contributed by atoms with E-state index in [0.29, 0.717) is 23.9 Å². The van der Waals surface area contributed by atoms with Gasteiger partial charge in [0.2, 0.25) is 5.88 Å². The van der Waals surface area contributed by atoms with Crippen LogP contribution in [0, 0.1) is 12.8 Å². The number of likely N-dealkylation sites (tertiary alicyclic amines) is 1. The fourth-order valence-electron chi connectivity index (χ4n) is 3.02. The van der Waals surface area contributed by atoms with Crippen molar-refractivity contribution in [2.24, 2.45) is 5.92 Å². The summed E-state index contributed by atoms with van der Waals surface area (Å²) in [6, 6.07) is 3.34. The fourth-order valence-corrected chi connectivity index (χ4v) is 3.02. The molecule has 7 heteroatoms. The number of imidazole rings is 1. The van der Waals surface area contributed by atoms with Gasteiger partial charge in [-0.05, 0) is 31.9 Å². The quantitative estimate of drug-likeness (QED) is 0.836. The number of H-pyrrole nitrogens is 1. The maximum absolute atomic E-state index is 12.2. The first-order chi connectivity index (χ1) is 11.6. The molecule has 0 spiro atoms. The van der Waals surface area contributed by atoms with Gasteiger partial charge >= 0.3 is 0 Å². The number of carbonyl (C=O) groups excluding carboxylic acids is 1. The molecule has 1 fully saturated rings. The molecule has 0 saturated carbocycles. The Morgan fingerprint density at radius 1 is 1.50 bits per heavy atom. The lowest BCUT2D eigenvalue weighted by molar-refractivity contribution is 0.0946. The van der Waals surface area contributed by atoms with Crippen molar-refractivity contribution in [2.45, 2.75) is 19.9 Å². The minimum atomic E-state index is -0.0849. The van der Waals surface area contributed by atoms with E-state index in [1.807, 2.05) is 13.1 Å². The Morgan fingerprint density at radius 3 is 3.12 bits per heavy atom. The predicted molar refractivity (Wildman–Crippen MR) is 89.8 cm³/mol. The molecule has 0 aliphatic carbocycles. The minimum absolute atomic E-state index is 0.0849. The largest absolute Gasteiger partial charge is 0.481 e. The van der Waals surface area contributed by atoms with Crippen molar-refractivity contribution in [1.29, 1.82) is 0 Å². The lowest BCUT2D eigenvalue weighted by Gasteiger charge is -2.15. The van der Waals surface area contributed by atoms with Crippen LogP contribution in [-0.4, -0.2) is 52.5 Å². The lowest BCUT2D eigenvalue weighted by Crippen LogP contribution is -2.31. The number of hydrogen-bond acceptors (Lipinski definition) is 5. The van der Waals surface area contributed by atoms with Crippen molar-refractivity contribution in [3.63, 3.8) is 0 Å². The monoisotopic (exact) mass is 329 g/mol. The summed E-state index contributed by atoms with van der Waals surface area (Å²) in [5.74, 6) is 1.78. The van der Waals surface area contributed by atoms with E-state index in [0.717, 1.165) is 37.6 Å². The van der Waals surface area contributed by atoms with Gasteiger partial charge in [0.05, 0.1) is 7.11 Å². The van der Waals surface area contributed by atoms with Crippen LogP contribution < -0.4 is 10.1 Å². The summed E-state index contributed by atoms with van der Waals surface area (Å²) in [5.41, 5.74) is 1.71. The highest BCUT2D eigenvalue weighted by Gasteiger charge is 2.23. The molecule has 2 aromatic rings. The Balaban J connectivity index is 1.46. The first kappa shape index (κ1) is 16.4. The molecular weight excluding hydrogens is 306 g/mol. The van der Waals surface area contributed by atoms with Crippen LogP contribution in [0.4, 0.5) is 0 Å². The maximum atomic E-state index is 12.2. The van der Waals surface area contributed by atoms with Crippen molar-refractivity contribution < 1.29 is 9.53 Å². The molecule has 1 saturated heterocycles. The number of hydrogen-bond donors (Lipinski definition) is 2.